The number of hydrogen-bond donors (Lipinski definition) is 2. The second-order valence-corrected chi connectivity index (χ2v) is 7.79. The zero-order valence-corrected chi connectivity index (χ0v) is 20.0. The molecule has 2 N–H and O–H groups in total. The van der Waals surface area contributed by atoms with Crippen molar-refractivity contribution >= 4 is 39.9 Å². The van der Waals surface area contributed by atoms with Crippen LogP contribution in [0.5, 0.6) is 17.2 Å². The molecule has 0 fully saturated rings. The van der Waals surface area contributed by atoms with Gasteiger partial charge in [0.05, 0.1) is 32.6 Å². The van der Waals surface area contributed by atoms with Gasteiger partial charge in [-0.2, -0.15) is 0 Å². The first-order valence-electron chi connectivity index (χ1n) is 10.5. The fourth-order valence-corrected chi connectivity index (χ4v) is 3.75. The van der Waals surface area contributed by atoms with Gasteiger partial charge < -0.3 is 23.9 Å². The maximum atomic E-state index is 12.7. The number of fused-ring (bicyclic) bond motifs is 1. The van der Waals surface area contributed by atoms with Crippen LogP contribution in [0.3, 0.4) is 0 Å². The molecule has 0 saturated carbocycles. The Balaban J connectivity index is 1.58. The molecule has 0 saturated heterocycles. The minimum Gasteiger partial charge on any atom is -0.495 e. The van der Waals surface area contributed by atoms with Crippen molar-refractivity contribution in [3.05, 3.63) is 82.7 Å². The lowest BCUT2D eigenvalue weighted by Gasteiger charge is -2.15. The van der Waals surface area contributed by atoms with Gasteiger partial charge in [-0.25, -0.2) is 4.79 Å². The Kier molecular flexibility index (Phi) is 6.98. The molecule has 0 atom stereocenters. The van der Waals surface area contributed by atoms with Crippen LogP contribution in [0.1, 0.15) is 10.4 Å². The molecule has 0 bridgehead atoms. The van der Waals surface area contributed by atoms with Gasteiger partial charge in [0.1, 0.15) is 11.3 Å². The normalized spacial score (nSPS) is 10.5. The van der Waals surface area contributed by atoms with Crippen LogP contribution in [0.2, 0.25) is 0 Å². The number of thiocarbonyl (C=S) groups is 1. The fourth-order valence-electron chi connectivity index (χ4n) is 3.54. The van der Waals surface area contributed by atoms with Crippen molar-refractivity contribution in [1.29, 1.82) is 0 Å². The summed E-state index contributed by atoms with van der Waals surface area (Å²) in [7, 11) is 4.51. The van der Waals surface area contributed by atoms with Crippen LogP contribution in [0.25, 0.3) is 22.1 Å². The van der Waals surface area contributed by atoms with Crippen LogP contribution in [0.4, 0.5) is 5.69 Å². The largest absolute Gasteiger partial charge is 0.495 e. The molecule has 1 amide bonds. The Bertz CT molecular complexity index is 1480. The average molecular weight is 491 g/mol. The summed E-state index contributed by atoms with van der Waals surface area (Å²) in [5.74, 6) is 0.961. The van der Waals surface area contributed by atoms with Crippen LogP contribution >= 0.6 is 12.2 Å². The molecule has 0 aliphatic carbocycles. The lowest BCUT2D eigenvalue weighted by atomic mass is 10.0. The maximum Gasteiger partial charge on any atom is 0.344 e. The smallest absolute Gasteiger partial charge is 0.344 e. The zero-order chi connectivity index (χ0) is 24.9. The van der Waals surface area contributed by atoms with Crippen LogP contribution in [0.15, 0.2) is 75.9 Å². The van der Waals surface area contributed by atoms with Gasteiger partial charge in [0, 0.05) is 10.9 Å². The molecule has 0 radical (unpaired) electrons. The third kappa shape index (κ3) is 5.10. The van der Waals surface area contributed by atoms with Gasteiger partial charge in [-0.15, -0.1) is 0 Å². The average Bonchev–Trinajstić information content (AvgIpc) is 2.87. The molecule has 8 nitrogen and oxygen atoms in total. The number of ether oxygens (including phenoxy) is 3. The maximum absolute atomic E-state index is 12.7. The van der Waals surface area contributed by atoms with Gasteiger partial charge in [-0.05, 0) is 60.2 Å². The van der Waals surface area contributed by atoms with E-state index in [9.17, 15) is 9.59 Å². The van der Waals surface area contributed by atoms with E-state index in [4.69, 9.17) is 30.8 Å². The zero-order valence-electron chi connectivity index (χ0n) is 19.2. The highest BCUT2D eigenvalue weighted by molar-refractivity contribution is 7.80. The molecule has 9 heteroatoms. The summed E-state index contributed by atoms with van der Waals surface area (Å²) in [5, 5.41) is 6.44. The first-order valence-corrected chi connectivity index (χ1v) is 10.9. The van der Waals surface area contributed by atoms with Crippen LogP contribution < -0.4 is 30.5 Å². The number of nitrogens with one attached hydrogen (secondary N) is 2. The van der Waals surface area contributed by atoms with Crippen molar-refractivity contribution in [2.75, 3.05) is 26.6 Å². The van der Waals surface area contributed by atoms with Crippen molar-refractivity contribution in [2.45, 2.75) is 0 Å². The van der Waals surface area contributed by atoms with Gasteiger partial charge in [-0.3, -0.25) is 10.1 Å². The Morgan fingerprint density at radius 1 is 0.857 bits per heavy atom. The molecular weight excluding hydrogens is 468 g/mol. The predicted molar refractivity (Wildman–Crippen MR) is 138 cm³/mol. The van der Waals surface area contributed by atoms with E-state index >= 15 is 0 Å². The third-order valence-electron chi connectivity index (χ3n) is 5.27. The van der Waals surface area contributed by atoms with Crippen LogP contribution in [-0.4, -0.2) is 32.3 Å². The Labute approximate surface area is 206 Å². The molecule has 1 heterocycles. The lowest BCUT2D eigenvalue weighted by Crippen LogP contribution is -2.34. The van der Waals surface area contributed by atoms with Gasteiger partial charge in [-0.1, -0.05) is 24.3 Å². The summed E-state index contributed by atoms with van der Waals surface area (Å²) in [6.07, 6.45) is 0. The molecule has 35 heavy (non-hydrogen) atoms. The highest BCUT2D eigenvalue weighted by Gasteiger charge is 2.15. The van der Waals surface area contributed by atoms with Gasteiger partial charge in [0.15, 0.2) is 16.6 Å². The number of benzene rings is 3. The minimum absolute atomic E-state index is 0.0470. The van der Waals surface area contributed by atoms with E-state index in [0.717, 1.165) is 5.39 Å². The second-order valence-electron chi connectivity index (χ2n) is 7.38. The standard InChI is InChI=1S/C26H22N2O6S/c1-31-21-10-8-15(18-12-16-6-4-5-7-20(16)34-25(18)30)13-19(21)27-26(35)28-24(29)17-9-11-22(32-2)23(14-17)33-3/h4-14H,1-3H3,(H2,27,28,29,35). The van der Waals surface area contributed by atoms with Gasteiger partial charge in [0.2, 0.25) is 0 Å². The van der Waals surface area contributed by atoms with E-state index in [0.29, 0.717) is 45.2 Å². The molecule has 4 rings (SSSR count). The summed E-state index contributed by atoms with van der Waals surface area (Å²) >= 11 is 5.34. The van der Waals surface area contributed by atoms with Crippen molar-refractivity contribution < 1.29 is 23.4 Å². The summed E-state index contributed by atoms with van der Waals surface area (Å²) in [4.78, 5) is 25.3. The summed E-state index contributed by atoms with van der Waals surface area (Å²) in [6, 6.07) is 19.0. The monoisotopic (exact) mass is 490 g/mol. The van der Waals surface area contributed by atoms with Crippen LogP contribution in [-0.2, 0) is 0 Å². The molecule has 0 aliphatic rings. The number of carbonyl (C=O) groups is 1. The number of para-hydroxylation sites is 1. The second kappa shape index (κ2) is 10.3. The third-order valence-corrected chi connectivity index (χ3v) is 5.48. The highest BCUT2D eigenvalue weighted by atomic mass is 32.1. The molecule has 0 spiro atoms. The number of methoxy groups -OCH3 is 3. The quantitative estimate of drug-likeness (QED) is 0.299. The lowest BCUT2D eigenvalue weighted by molar-refractivity contribution is 0.0977. The molecule has 1 aromatic heterocycles. The van der Waals surface area contributed by atoms with Crippen molar-refractivity contribution in [1.82, 2.24) is 5.32 Å². The van der Waals surface area contributed by atoms with E-state index in [1.807, 2.05) is 12.1 Å². The van der Waals surface area contributed by atoms with E-state index in [-0.39, 0.29) is 5.11 Å². The molecular formula is C26H22N2O6S. The number of amides is 1. The van der Waals surface area contributed by atoms with Crippen molar-refractivity contribution in [3.8, 4) is 28.4 Å². The Morgan fingerprint density at radius 2 is 1.57 bits per heavy atom. The number of rotatable bonds is 6. The molecule has 178 valence electrons. The molecule has 3 aromatic carbocycles. The molecule has 4 aromatic rings. The summed E-state index contributed by atoms with van der Waals surface area (Å²) < 4.78 is 21.3. The summed E-state index contributed by atoms with van der Waals surface area (Å²) in [6.45, 7) is 0. The number of carbonyl (C=O) groups excluding carboxylic acids is 1. The number of anilines is 1. The van der Waals surface area contributed by atoms with Crippen molar-refractivity contribution in [2.24, 2.45) is 0 Å². The van der Waals surface area contributed by atoms with Gasteiger partial charge in [0.25, 0.3) is 5.91 Å². The van der Waals surface area contributed by atoms with Gasteiger partial charge >= 0.3 is 5.63 Å². The highest BCUT2D eigenvalue weighted by Crippen LogP contribution is 2.31. The Hall–Kier alpha value is -4.37. The SMILES string of the molecule is COc1ccc(-c2cc3ccccc3oc2=O)cc1NC(=S)NC(=O)c1ccc(OC)c(OC)c1. The van der Waals surface area contributed by atoms with E-state index in [1.54, 1.807) is 54.6 Å². The van der Waals surface area contributed by atoms with Crippen LogP contribution in [0, 0.1) is 0 Å². The van der Waals surface area contributed by atoms with Crippen molar-refractivity contribution in [3.63, 3.8) is 0 Å². The fraction of sp³-hybridized carbons (Fsp3) is 0.115. The van der Waals surface area contributed by atoms with E-state index in [2.05, 4.69) is 10.6 Å². The Morgan fingerprint density at radius 3 is 2.31 bits per heavy atom. The summed E-state index contributed by atoms with van der Waals surface area (Å²) in [5.41, 5.74) is 1.82. The molecule has 0 unspecified atom stereocenters. The predicted octanol–water partition coefficient (Wildman–Crippen LogP) is 4.61. The minimum atomic E-state index is -0.468. The topological polar surface area (TPSA) is 99.0 Å². The first-order chi connectivity index (χ1) is 16.9. The van der Waals surface area contributed by atoms with E-state index < -0.39 is 11.5 Å². The molecule has 0 aliphatic heterocycles. The number of hydrogen-bond acceptors (Lipinski definition) is 7. The van der Waals surface area contributed by atoms with E-state index in [1.165, 1.54) is 21.3 Å². The first kappa shape index (κ1) is 23.8.